The van der Waals surface area contributed by atoms with Crippen LogP contribution in [0.1, 0.15) is 17.2 Å². The fourth-order valence-electron chi connectivity index (χ4n) is 3.15. The van der Waals surface area contributed by atoms with Crippen LogP contribution in [0.4, 0.5) is 5.95 Å². The van der Waals surface area contributed by atoms with Crippen LogP contribution in [0.5, 0.6) is 0 Å². The number of rotatable bonds is 6. The van der Waals surface area contributed by atoms with E-state index in [0.717, 1.165) is 11.1 Å². The van der Waals surface area contributed by atoms with Crippen LogP contribution in [0.25, 0.3) is 11.3 Å². The lowest BCUT2D eigenvalue weighted by Crippen LogP contribution is -2.16. The van der Waals surface area contributed by atoms with Crippen LogP contribution in [-0.4, -0.2) is 18.4 Å². The van der Waals surface area contributed by atoms with Gasteiger partial charge >= 0.3 is 0 Å². The van der Waals surface area contributed by atoms with E-state index in [1.54, 1.807) is 24.3 Å². The highest BCUT2D eigenvalue weighted by Crippen LogP contribution is 2.28. The third kappa shape index (κ3) is 4.60. The lowest BCUT2D eigenvalue weighted by molar-refractivity contribution is 0.601. The lowest BCUT2D eigenvalue weighted by atomic mass is 9.96. The van der Waals surface area contributed by atoms with Crippen LogP contribution in [0.3, 0.4) is 0 Å². The molecular weight excluding hydrogens is 408 g/mol. The summed E-state index contributed by atoms with van der Waals surface area (Å²) in [6, 6.07) is 30.6. The minimum Gasteiger partial charge on any atom is -0.247 e. The number of nitrogens with zero attached hydrogens (tertiary/aromatic N) is 3. The van der Waals surface area contributed by atoms with Gasteiger partial charge in [0, 0.05) is 5.56 Å². The summed E-state index contributed by atoms with van der Waals surface area (Å²) < 4.78 is 28.1. The van der Waals surface area contributed by atoms with Gasteiger partial charge in [-0.15, -0.1) is 0 Å². The highest BCUT2D eigenvalue weighted by Gasteiger charge is 2.21. The molecule has 4 rings (SSSR count). The van der Waals surface area contributed by atoms with Gasteiger partial charge in [0.2, 0.25) is 5.95 Å². The molecule has 3 aromatic carbocycles. The zero-order valence-electron chi connectivity index (χ0n) is 16.4. The average Bonchev–Trinajstić information content (AvgIpc) is 2.81. The number of nitrogens with one attached hydrogen (secondary N) is 1. The third-order valence-electron chi connectivity index (χ3n) is 4.65. The highest BCUT2D eigenvalue weighted by molar-refractivity contribution is 7.92. The molecule has 0 spiro atoms. The molecule has 0 fully saturated rings. The van der Waals surface area contributed by atoms with Crippen LogP contribution in [0.2, 0.25) is 0 Å². The van der Waals surface area contributed by atoms with Crippen molar-refractivity contribution in [3.63, 3.8) is 0 Å². The largest absolute Gasteiger partial charge is 0.264 e. The third-order valence-corrected chi connectivity index (χ3v) is 6.00. The highest BCUT2D eigenvalue weighted by atomic mass is 32.2. The molecular formula is C24H18N4O2S. The first kappa shape index (κ1) is 20.3. The predicted octanol–water partition coefficient (Wildman–Crippen LogP) is 4.60. The van der Waals surface area contributed by atoms with Crippen LogP contribution in [0, 0.1) is 11.3 Å². The first-order valence-corrected chi connectivity index (χ1v) is 11.0. The van der Waals surface area contributed by atoms with E-state index in [2.05, 4.69) is 20.8 Å². The molecule has 152 valence electrons. The smallest absolute Gasteiger partial charge is 0.247 e. The Balaban J connectivity index is 1.82. The predicted molar refractivity (Wildman–Crippen MR) is 119 cm³/mol. The van der Waals surface area contributed by atoms with Gasteiger partial charge in [-0.25, -0.2) is 23.1 Å². The Bertz CT molecular complexity index is 1320. The molecule has 6 nitrogen and oxygen atoms in total. The number of anilines is 1. The minimum absolute atomic E-state index is 0.0867. The van der Waals surface area contributed by atoms with Gasteiger partial charge in [0.25, 0.3) is 10.0 Å². The van der Waals surface area contributed by atoms with Crippen LogP contribution in [-0.2, 0) is 10.0 Å². The molecule has 0 aliphatic heterocycles. The Labute approximate surface area is 180 Å². The lowest BCUT2D eigenvalue weighted by Gasteiger charge is -2.14. The fraction of sp³-hybridized carbons (Fsp3) is 0.0417. The Morgan fingerprint density at radius 1 is 0.806 bits per heavy atom. The zero-order valence-corrected chi connectivity index (χ0v) is 17.2. The van der Waals surface area contributed by atoms with Crippen LogP contribution in [0.15, 0.2) is 102 Å². The van der Waals surface area contributed by atoms with E-state index in [9.17, 15) is 13.7 Å². The molecule has 1 unspecified atom stereocenters. The maximum atomic E-state index is 12.8. The zero-order chi connectivity index (χ0) is 21.7. The van der Waals surface area contributed by atoms with Crippen molar-refractivity contribution in [2.24, 2.45) is 0 Å². The quantitative estimate of drug-likeness (QED) is 0.486. The standard InChI is InChI=1S/C24H18N4O2S/c25-17-21(18-10-4-1-5-11-18)23-16-22(19-12-6-2-7-13-19)26-24(27-23)28-31(29,30)20-14-8-3-9-15-20/h1-16,21H,(H,26,27,28). The number of hydrogen-bond donors (Lipinski definition) is 1. The topological polar surface area (TPSA) is 95.7 Å². The molecule has 0 radical (unpaired) electrons. The molecule has 1 atom stereocenters. The second-order valence-corrected chi connectivity index (χ2v) is 8.44. The Morgan fingerprint density at radius 3 is 2.00 bits per heavy atom. The number of aromatic nitrogens is 2. The van der Waals surface area contributed by atoms with Crippen LogP contribution >= 0.6 is 0 Å². The molecule has 31 heavy (non-hydrogen) atoms. The molecule has 0 saturated carbocycles. The Kier molecular flexibility index (Phi) is 5.74. The van der Waals surface area contributed by atoms with Gasteiger partial charge in [0.15, 0.2) is 0 Å². The average molecular weight is 427 g/mol. The summed E-state index contributed by atoms with van der Waals surface area (Å²) in [5.41, 5.74) is 2.48. The van der Waals surface area contributed by atoms with Crippen molar-refractivity contribution in [1.29, 1.82) is 5.26 Å². The van der Waals surface area contributed by atoms with Crippen molar-refractivity contribution in [3.05, 3.63) is 108 Å². The molecule has 1 N–H and O–H groups in total. The van der Waals surface area contributed by atoms with E-state index in [1.807, 2.05) is 60.7 Å². The first-order valence-electron chi connectivity index (χ1n) is 9.54. The van der Waals surface area contributed by atoms with E-state index >= 15 is 0 Å². The fourth-order valence-corrected chi connectivity index (χ4v) is 4.12. The van der Waals surface area contributed by atoms with E-state index < -0.39 is 15.9 Å². The molecule has 0 aliphatic carbocycles. The van der Waals surface area contributed by atoms with Crippen molar-refractivity contribution in [2.75, 3.05) is 4.72 Å². The van der Waals surface area contributed by atoms with Gasteiger partial charge in [-0.3, -0.25) is 0 Å². The summed E-state index contributed by atoms with van der Waals surface area (Å²) in [5.74, 6) is -0.761. The molecule has 1 heterocycles. The number of sulfonamides is 1. The maximum Gasteiger partial charge on any atom is 0.264 e. The van der Waals surface area contributed by atoms with Gasteiger partial charge in [-0.1, -0.05) is 78.9 Å². The Morgan fingerprint density at radius 2 is 1.39 bits per heavy atom. The number of benzene rings is 3. The van der Waals surface area contributed by atoms with Gasteiger partial charge < -0.3 is 0 Å². The molecule has 0 bridgehead atoms. The van der Waals surface area contributed by atoms with E-state index in [-0.39, 0.29) is 10.8 Å². The van der Waals surface area contributed by atoms with Crippen molar-refractivity contribution in [2.45, 2.75) is 10.8 Å². The van der Waals surface area contributed by atoms with E-state index in [0.29, 0.717) is 11.4 Å². The van der Waals surface area contributed by atoms with Crippen molar-refractivity contribution in [1.82, 2.24) is 9.97 Å². The van der Waals surface area contributed by atoms with E-state index in [1.165, 1.54) is 12.1 Å². The summed E-state index contributed by atoms with van der Waals surface area (Å²) in [5, 5.41) is 9.85. The monoisotopic (exact) mass is 426 g/mol. The van der Waals surface area contributed by atoms with Gasteiger partial charge in [0.1, 0.15) is 5.92 Å². The maximum absolute atomic E-state index is 12.8. The molecule has 1 aromatic heterocycles. The summed E-state index contributed by atoms with van der Waals surface area (Å²) >= 11 is 0. The normalized spacial score (nSPS) is 12.0. The second kappa shape index (κ2) is 8.78. The summed E-state index contributed by atoms with van der Waals surface area (Å²) in [7, 11) is -3.88. The molecule has 0 aliphatic rings. The van der Waals surface area contributed by atoms with Crippen molar-refractivity contribution < 1.29 is 8.42 Å². The first-order chi connectivity index (χ1) is 15.1. The van der Waals surface area contributed by atoms with Gasteiger partial charge in [-0.05, 0) is 23.8 Å². The minimum atomic E-state index is -3.88. The molecule has 7 heteroatoms. The Hall–Kier alpha value is -4.02. The van der Waals surface area contributed by atoms with Crippen LogP contribution < -0.4 is 4.72 Å². The second-order valence-electron chi connectivity index (χ2n) is 6.76. The molecule has 0 amide bonds. The number of nitriles is 1. The molecule has 0 saturated heterocycles. The summed E-state index contributed by atoms with van der Waals surface area (Å²) in [4.78, 5) is 8.91. The van der Waals surface area contributed by atoms with Gasteiger partial charge in [0.05, 0.1) is 22.4 Å². The SMILES string of the molecule is N#CC(c1ccccc1)c1cc(-c2ccccc2)nc(NS(=O)(=O)c2ccccc2)n1. The van der Waals surface area contributed by atoms with Crippen molar-refractivity contribution >= 4 is 16.0 Å². The summed E-state index contributed by atoms with van der Waals surface area (Å²) in [6.45, 7) is 0. The summed E-state index contributed by atoms with van der Waals surface area (Å²) in [6.07, 6.45) is 0. The van der Waals surface area contributed by atoms with Gasteiger partial charge in [-0.2, -0.15) is 5.26 Å². The number of hydrogen-bond acceptors (Lipinski definition) is 5. The van der Waals surface area contributed by atoms with Crippen molar-refractivity contribution in [3.8, 4) is 17.3 Å². The molecule has 4 aromatic rings. The van der Waals surface area contributed by atoms with E-state index in [4.69, 9.17) is 0 Å².